The van der Waals surface area contributed by atoms with E-state index in [-0.39, 0.29) is 4.90 Å². The number of rotatable bonds is 5. The van der Waals surface area contributed by atoms with Crippen LogP contribution >= 0.6 is 0 Å². The van der Waals surface area contributed by atoms with E-state index in [0.717, 1.165) is 6.42 Å². The topological polar surface area (TPSA) is 105 Å². The van der Waals surface area contributed by atoms with Gasteiger partial charge in [-0.25, -0.2) is 4.68 Å². The third-order valence-corrected chi connectivity index (χ3v) is 3.64. The first-order valence-electron chi connectivity index (χ1n) is 6.10. The molecule has 0 amide bonds. The summed E-state index contributed by atoms with van der Waals surface area (Å²) < 4.78 is 32.5. The molecule has 0 aliphatic rings. The molecule has 0 spiro atoms. The van der Waals surface area contributed by atoms with Crippen LogP contribution in [0.1, 0.15) is 31.6 Å². The number of benzene rings is 1. The van der Waals surface area contributed by atoms with Gasteiger partial charge in [-0.15, -0.1) is 5.10 Å². The number of nitrogens with zero attached hydrogens (tertiary/aromatic N) is 3. The Kier molecular flexibility index (Phi) is 4.17. The van der Waals surface area contributed by atoms with Crippen LogP contribution in [-0.2, 0) is 10.1 Å². The highest BCUT2D eigenvalue weighted by Crippen LogP contribution is 2.18. The molecule has 0 radical (unpaired) electrons. The average Bonchev–Trinajstić information content (AvgIpc) is 2.88. The number of aliphatic hydroxyl groups excluding tert-OH is 1. The maximum Gasteiger partial charge on any atom is 0.294 e. The van der Waals surface area contributed by atoms with Crippen LogP contribution in [0, 0.1) is 0 Å². The molecule has 2 aromatic rings. The van der Waals surface area contributed by atoms with Crippen LogP contribution in [0.3, 0.4) is 0 Å². The Hall–Kier alpha value is -1.77. The van der Waals surface area contributed by atoms with Gasteiger partial charge in [0.2, 0.25) is 0 Å². The first-order chi connectivity index (χ1) is 9.41. The maximum atomic E-state index is 11.1. The maximum absolute atomic E-state index is 11.1. The summed E-state index contributed by atoms with van der Waals surface area (Å²) in [5, 5.41) is 17.5. The summed E-state index contributed by atoms with van der Waals surface area (Å²) in [7, 11) is -4.26. The molecule has 0 saturated carbocycles. The highest BCUT2D eigenvalue weighted by Gasteiger charge is 2.14. The number of aromatic nitrogens is 3. The molecule has 0 aliphatic carbocycles. The Morgan fingerprint density at radius 2 is 2.15 bits per heavy atom. The van der Waals surface area contributed by atoms with Crippen molar-refractivity contribution in [3.63, 3.8) is 0 Å². The smallest absolute Gasteiger partial charge is 0.294 e. The standard InChI is InChI=1S/C12H15N3O4S/c1-2-4-12(16)11-8-15(14-13-11)9-5-3-6-10(7-9)20(17,18)19/h3,5-8,12,16H,2,4H2,1H3,(H,17,18,19)/t12-/m1/s1. The number of hydrogen-bond acceptors (Lipinski definition) is 5. The Morgan fingerprint density at radius 3 is 2.80 bits per heavy atom. The highest BCUT2D eigenvalue weighted by molar-refractivity contribution is 7.85. The van der Waals surface area contributed by atoms with Gasteiger partial charge in [0.05, 0.1) is 22.9 Å². The van der Waals surface area contributed by atoms with Crippen molar-refractivity contribution in [1.82, 2.24) is 15.0 Å². The molecule has 1 heterocycles. The molecule has 0 fully saturated rings. The summed E-state index contributed by atoms with van der Waals surface area (Å²) in [6.07, 6.45) is 2.22. The first-order valence-corrected chi connectivity index (χ1v) is 7.54. The number of aliphatic hydroxyl groups is 1. The molecule has 0 aliphatic heterocycles. The van der Waals surface area contributed by atoms with Crippen molar-refractivity contribution in [3.8, 4) is 5.69 Å². The van der Waals surface area contributed by atoms with Crippen molar-refractivity contribution in [2.75, 3.05) is 0 Å². The van der Waals surface area contributed by atoms with Crippen LogP contribution in [0.15, 0.2) is 35.4 Å². The zero-order valence-electron chi connectivity index (χ0n) is 10.8. The van der Waals surface area contributed by atoms with Crippen molar-refractivity contribution < 1.29 is 18.1 Å². The molecule has 2 rings (SSSR count). The Labute approximate surface area is 116 Å². The quantitative estimate of drug-likeness (QED) is 0.807. The highest BCUT2D eigenvalue weighted by atomic mass is 32.2. The molecular formula is C12H15N3O4S. The van der Waals surface area contributed by atoms with Gasteiger partial charge in [-0.1, -0.05) is 24.6 Å². The third kappa shape index (κ3) is 3.21. The van der Waals surface area contributed by atoms with Crippen molar-refractivity contribution >= 4 is 10.1 Å². The van der Waals surface area contributed by atoms with E-state index in [1.165, 1.54) is 29.1 Å². The predicted molar refractivity (Wildman–Crippen MR) is 71.0 cm³/mol. The lowest BCUT2D eigenvalue weighted by atomic mass is 10.2. The zero-order valence-corrected chi connectivity index (χ0v) is 11.7. The molecule has 1 aromatic carbocycles. The van der Waals surface area contributed by atoms with Crippen molar-refractivity contribution in [1.29, 1.82) is 0 Å². The Bertz CT molecular complexity index is 696. The Balaban J connectivity index is 2.33. The molecule has 1 aromatic heterocycles. The molecular weight excluding hydrogens is 282 g/mol. The van der Waals surface area contributed by atoms with Crippen molar-refractivity contribution in [2.45, 2.75) is 30.8 Å². The van der Waals surface area contributed by atoms with Crippen LogP contribution in [0.2, 0.25) is 0 Å². The number of hydrogen-bond donors (Lipinski definition) is 2. The van der Waals surface area contributed by atoms with E-state index in [0.29, 0.717) is 17.8 Å². The molecule has 0 unspecified atom stereocenters. The lowest BCUT2D eigenvalue weighted by Gasteiger charge is -2.04. The fourth-order valence-corrected chi connectivity index (χ4v) is 2.28. The minimum Gasteiger partial charge on any atom is -0.387 e. The van der Waals surface area contributed by atoms with Gasteiger partial charge < -0.3 is 5.11 Å². The molecule has 108 valence electrons. The van der Waals surface area contributed by atoms with Gasteiger partial charge in [0.25, 0.3) is 10.1 Å². The van der Waals surface area contributed by atoms with E-state index in [1.807, 2.05) is 6.92 Å². The van der Waals surface area contributed by atoms with Crippen LogP contribution in [0.4, 0.5) is 0 Å². The molecule has 8 heteroatoms. The third-order valence-electron chi connectivity index (χ3n) is 2.79. The SMILES string of the molecule is CCC[C@@H](O)c1cn(-c2cccc(S(=O)(=O)O)c2)nn1. The minimum atomic E-state index is -4.26. The summed E-state index contributed by atoms with van der Waals surface area (Å²) >= 11 is 0. The lowest BCUT2D eigenvalue weighted by molar-refractivity contribution is 0.161. The van der Waals surface area contributed by atoms with Crippen molar-refractivity contribution in [3.05, 3.63) is 36.2 Å². The van der Waals surface area contributed by atoms with Gasteiger partial charge in [0.15, 0.2) is 0 Å². The summed E-state index contributed by atoms with van der Waals surface area (Å²) in [6, 6.07) is 5.67. The predicted octanol–water partition coefficient (Wildman–Crippen LogP) is 1.35. The Morgan fingerprint density at radius 1 is 1.40 bits per heavy atom. The second kappa shape index (κ2) is 5.70. The van der Waals surface area contributed by atoms with Gasteiger partial charge >= 0.3 is 0 Å². The molecule has 2 N–H and O–H groups in total. The van der Waals surface area contributed by atoms with Crippen LogP contribution in [-0.4, -0.2) is 33.1 Å². The van der Waals surface area contributed by atoms with Crippen LogP contribution < -0.4 is 0 Å². The van der Waals surface area contributed by atoms with Gasteiger partial charge in [-0.05, 0) is 24.6 Å². The summed E-state index contributed by atoms with van der Waals surface area (Å²) in [5.41, 5.74) is 0.853. The first kappa shape index (κ1) is 14.6. The summed E-state index contributed by atoms with van der Waals surface area (Å²) in [5.74, 6) is 0. The zero-order chi connectivity index (χ0) is 14.8. The normalized spacial score (nSPS) is 13.3. The summed E-state index contributed by atoms with van der Waals surface area (Å²) in [4.78, 5) is -0.221. The summed E-state index contributed by atoms with van der Waals surface area (Å²) in [6.45, 7) is 1.95. The van der Waals surface area contributed by atoms with E-state index in [2.05, 4.69) is 10.3 Å². The van der Waals surface area contributed by atoms with Gasteiger partial charge in [-0.2, -0.15) is 8.42 Å². The average molecular weight is 297 g/mol. The lowest BCUT2D eigenvalue weighted by Crippen LogP contribution is -2.01. The molecule has 7 nitrogen and oxygen atoms in total. The minimum absolute atomic E-state index is 0.221. The second-order valence-electron chi connectivity index (χ2n) is 4.36. The monoisotopic (exact) mass is 297 g/mol. The fraction of sp³-hybridized carbons (Fsp3) is 0.333. The van der Waals surface area contributed by atoms with Crippen molar-refractivity contribution in [2.24, 2.45) is 0 Å². The largest absolute Gasteiger partial charge is 0.387 e. The molecule has 1 atom stereocenters. The van der Waals surface area contributed by atoms with Crippen LogP contribution in [0.5, 0.6) is 0 Å². The van der Waals surface area contributed by atoms with E-state index in [4.69, 9.17) is 4.55 Å². The molecule has 0 bridgehead atoms. The molecule has 20 heavy (non-hydrogen) atoms. The van der Waals surface area contributed by atoms with E-state index in [9.17, 15) is 13.5 Å². The van der Waals surface area contributed by atoms with E-state index < -0.39 is 16.2 Å². The fourth-order valence-electron chi connectivity index (χ4n) is 1.76. The van der Waals surface area contributed by atoms with Crippen LogP contribution in [0.25, 0.3) is 5.69 Å². The molecule has 0 saturated heterocycles. The van der Waals surface area contributed by atoms with Gasteiger partial charge in [0, 0.05) is 0 Å². The van der Waals surface area contributed by atoms with Gasteiger partial charge in [0.1, 0.15) is 5.69 Å². The van der Waals surface area contributed by atoms with Gasteiger partial charge in [-0.3, -0.25) is 4.55 Å². The second-order valence-corrected chi connectivity index (χ2v) is 5.79. The van der Waals surface area contributed by atoms with E-state index >= 15 is 0 Å². The van der Waals surface area contributed by atoms with E-state index in [1.54, 1.807) is 6.07 Å².